The molecule has 1 nitrogen and oxygen atoms in total. The van der Waals surface area contributed by atoms with Crippen molar-refractivity contribution in [2.45, 2.75) is 25.7 Å². The smallest absolute Gasteiger partial charge is 0.0345 e. The molecule has 23 heavy (non-hydrogen) atoms. The van der Waals surface area contributed by atoms with Gasteiger partial charge in [0.05, 0.1) is 0 Å². The van der Waals surface area contributed by atoms with E-state index in [2.05, 4.69) is 58.8 Å². The summed E-state index contributed by atoms with van der Waals surface area (Å²) in [6.07, 6.45) is 8.30. The second-order valence-electron chi connectivity index (χ2n) is 7.07. The van der Waals surface area contributed by atoms with Gasteiger partial charge in [0.15, 0.2) is 0 Å². The third kappa shape index (κ3) is 3.59. The van der Waals surface area contributed by atoms with Crippen molar-refractivity contribution in [3.8, 4) is 0 Å². The Morgan fingerprint density at radius 3 is 2.26 bits per heavy atom. The normalized spacial score (nSPS) is 25.5. The van der Waals surface area contributed by atoms with Crippen LogP contribution in [0.2, 0.25) is 0 Å². The van der Waals surface area contributed by atoms with Crippen molar-refractivity contribution < 1.29 is 0 Å². The first-order chi connectivity index (χ1) is 11.4. The van der Waals surface area contributed by atoms with E-state index in [4.69, 9.17) is 0 Å². The quantitative estimate of drug-likeness (QED) is 0.738. The fourth-order valence-electron chi connectivity index (χ4n) is 4.18. The van der Waals surface area contributed by atoms with Gasteiger partial charge in [-0.15, -0.1) is 11.3 Å². The minimum Gasteiger partial charge on any atom is -0.299 e. The molecule has 2 saturated heterocycles. The molecule has 1 aliphatic carbocycles. The maximum atomic E-state index is 2.70. The van der Waals surface area contributed by atoms with E-state index in [1.165, 1.54) is 54.8 Å². The lowest BCUT2D eigenvalue weighted by molar-refractivity contribution is 0.279. The maximum Gasteiger partial charge on any atom is 0.0345 e. The van der Waals surface area contributed by atoms with Crippen LogP contribution in [0.1, 0.15) is 36.1 Å². The van der Waals surface area contributed by atoms with E-state index in [9.17, 15) is 0 Å². The predicted molar refractivity (Wildman–Crippen MR) is 99.7 cm³/mol. The highest BCUT2D eigenvalue weighted by molar-refractivity contribution is 7.11. The summed E-state index contributed by atoms with van der Waals surface area (Å²) in [5.74, 6) is 1.90. The molecule has 2 aromatic rings. The van der Waals surface area contributed by atoms with Gasteiger partial charge in [0, 0.05) is 24.5 Å². The molecular weight excluding hydrogens is 298 g/mol. The van der Waals surface area contributed by atoms with E-state index < -0.39 is 0 Å². The Balaban J connectivity index is 1.56. The minimum absolute atomic E-state index is 0.948. The van der Waals surface area contributed by atoms with Gasteiger partial charge in [-0.3, -0.25) is 4.90 Å². The zero-order chi connectivity index (χ0) is 15.5. The minimum atomic E-state index is 0.948. The summed E-state index contributed by atoms with van der Waals surface area (Å²) in [6, 6.07) is 15.3. The van der Waals surface area contributed by atoms with Crippen molar-refractivity contribution in [1.29, 1.82) is 0 Å². The molecule has 0 atom stereocenters. The summed E-state index contributed by atoms with van der Waals surface area (Å²) >= 11 is 1.84. The standard InChI is InChI=1S/C21H25NS/c1-2-5-19(6-3-1)20(21-7-4-14-23-21)12-13-22-15-17-8-9-18(16-22)11-10-17/h1-7,12,14,17-18H,8-11,13,15-16H2/b20-12+. The molecule has 1 aromatic heterocycles. The molecule has 2 aliphatic heterocycles. The SMILES string of the molecule is C(/CN1CC2CCC(CC2)C1)=C(/c1ccccc1)c1cccs1. The van der Waals surface area contributed by atoms with Crippen LogP contribution < -0.4 is 0 Å². The molecule has 3 aliphatic rings. The first-order valence-corrected chi connectivity index (χ1v) is 9.78. The molecule has 120 valence electrons. The molecule has 1 saturated carbocycles. The number of fused-ring (bicyclic) bond motifs is 4. The van der Waals surface area contributed by atoms with E-state index in [-0.39, 0.29) is 0 Å². The number of rotatable bonds is 4. The number of hydrogen-bond acceptors (Lipinski definition) is 2. The molecule has 2 heteroatoms. The zero-order valence-electron chi connectivity index (χ0n) is 13.7. The van der Waals surface area contributed by atoms with Crippen LogP contribution in [-0.4, -0.2) is 24.5 Å². The molecule has 1 aromatic carbocycles. The highest BCUT2D eigenvalue weighted by Crippen LogP contribution is 2.34. The lowest BCUT2D eigenvalue weighted by Gasteiger charge is -2.21. The third-order valence-electron chi connectivity index (χ3n) is 5.42. The summed E-state index contributed by atoms with van der Waals surface area (Å²) in [4.78, 5) is 4.08. The zero-order valence-corrected chi connectivity index (χ0v) is 14.5. The van der Waals surface area contributed by atoms with Crippen molar-refractivity contribution in [1.82, 2.24) is 4.90 Å². The Bertz CT molecular complexity index is 622. The van der Waals surface area contributed by atoms with Gasteiger partial charge in [0.1, 0.15) is 0 Å². The monoisotopic (exact) mass is 323 g/mol. The molecule has 2 bridgehead atoms. The summed E-state index contributed by atoms with van der Waals surface area (Å²) in [5, 5.41) is 2.18. The van der Waals surface area contributed by atoms with Gasteiger partial charge in [0.2, 0.25) is 0 Å². The van der Waals surface area contributed by atoms with Gasteiger partial charge in [-0.25, -0.2) is 0 Å². The highest BCUT2D eigenvalue weighted by atomic mass is 32.1. The van der Waals surface area contributed by atoms with Crippen LogP contribution in [0.15, 0.2) is 53.9 Å². The van der Waals surface area contributed by atoms with Gasteiger partial charge >= 0.3 is 0 Å². The highest BCUT2D eigenvalue weighted by Gasteiger charge is 2.28. The van der Waals surface area contributed by atoms with Crippen molar-refractivity contribution in [3.63, 3.8) is 0 Å². The average Bonchev–Trinajstić information content (AvgIpc) is 2.96. The van der Waals surface area contributed by atoms with Crippen molar-refractivity contribution in [3.05, 3.63) is 64.4 Å². The summed E-state index contributed by atoms with van der Waals surface area (Å²) in [6.45, 7) is 3.70. The Morgan fingerprint density at radius 1 is 0.957 bits per heavy atom. The Hall–Kier alpha value is -1.38. The fourth-order valence-corrected chi connectivity index (χ4v) is 4.97. The van der Waals surface area contributed by atoms with Crippen LogP contribution in [0.4, 0.5) is 0 Å². The number of benzene rings is 1. The largest absolute Gasteiger partial charge is 0.299 e. The average molecular weight is 324 g/mol. The number of thiophene rings is 1. The maximum absolute atomic E-state index is 2.70. The molecular formula is C21H25NS. The number of hydrogen-bond donors (Lipinski definition) is 0. The summed E-state index contributed by atoms with van der Waals surface area (Å²) < 4.78 is 0. The van der Waals surface area contributed by atoms with Crippen LogP contribution in [-0.2, 0) is 0 Å². The molecule has 0 unspecified atom stereocenters. The number of nitrogens with zero attached hydrogens (tertiary/aromatic N) is 1. The molecule has 3 heterocycles. The van der Waals surface area contributed by atoms with E-state index in [1.807, 2.05) is 11.3 Å². The van der Waals surface area contributed by atoms with Crippen molar-refractivity contribution >= 4 is 16.9 Å². The molecule has 0 spiro atoms. The van der Waals surface area contributed by atoms with Crippen LogP contribution >= 0.6 is 11.3 Å². The topological polar surface area (TPSA) is 3.24 Å². The predicted octanol–water partition coefficient (Wildman–Crippen LogP) is 5.30. The molecule has 0 amide bonds. The van der Waals surface area contributed by atoms with Crippen molar-refractivity contribution in [2.24, 2.45) is 11.8 Å². The van der Waals surface area contributed by atoms with Gasteiger partial charge in [-0.05, 0) is 60.1 Å². The van der Waals surface area contributed by atoms with E-state index in [0.717, 1.165) is 18.4 Å². The van der Waals surface area contributed by atoms with Crippen molar-refractivity contribution in [2.75, 3.05) is 19.6 Å². The second-order valence-corrected chi connectivity index (χ2v) is 8.01. The molecule has 3 fully saturated rings. The van der Waals surface area contributed by atoms with Crippen LogP contribution in [0.25, 0.3) is 5.57 Å². The first-order valence-electron chi connectivity index (χ1n) is 8.90. The Morgan fingerprint density at radius 2 is 1.65 bits per heavy atom. The Labute approximate surface area is 143 Å². The van der Waals surface area contributed by atoms with Gasteiger partial charge < -0.3 is 0 Å². The molecule has 0 N–H and O–H groups in total. The van der Waals surface area contributed by atoms with Gasteiger partial charge in [-0.2, -0.15) is 0 Å². The summed E-state index contributed by atoms with van der Waals surface area (Å²) in [7, 11) is 0. The molecule has 0 radical (unpaired) electrons. The summed E-state index contributed by atoms with van der Waals surface area (Å²) in [5.41, 5.74) is 2.74. The fraction of sp³-hybridized carbons (Fsp3) is 0.429. The van der Waals surface area contributed by atoms with Crippen LogP contribution in [0.3, 0.4) is 0 Å². The molecule has 5 rings (SSSR count). The van der Waals surface area contributed by atoms with E-state index >= 15 is 0 Å². The van der Waals surface area contributed by atoms with E-state index in [1.54, 1.807) is 0 Å². The Kier molecular flexibility index (Phi) is 4.63. The third-order valence-corrected chi connectivity index (χ3v) is 6.33. The van der Waals surface area contributed by atoms with E-state index in [0.29, 0.717) is 0 Å². The second kappa shape index (κ2) is 7.02. The van der Waals surface area contributed by atoms with Crippen LogP contribution in [0, 0.1) is 11.8 Å². The van der Waals surface area contributed by atoms with Gasteiger partial charge in [0.25, 0.3) is 0 Å². The van der Waals surface area contributed by atoms with Gasteiger partial charge in [-0.1, -0.05) is 42.5 Å². The van der Waals surface area contributed by atoms with Crippen LogP contribution in [0.5, 0.6) is 0 Å². The first kappa shape index (κ1) is 15.2. The lowest BCUT2D eigenvalue weighted by atomic mass is 9.84. The lowest BCUT2D eigenvalue weighted by Crippen LogP contribution is -2.28.